The Kier molecular flexibility index (Phi) is 3.79. The normalized spacial score (nSPS) is 9.87. The zero-order valence-electron chi connectivity index (χ0n) is 7.19. The number of hydrogen-bond donors (Lipinski definition) is 1. The van der Waals surface area contributed by atoms with E-state index in [2.05, 4.69) is 4.74 Å². The smallest absolute Gasteiger partial charge is 0.412 e. The zero-order valence-corrected chi connectivity index (χ0v) is 7.95. The monoisotopic (exact) mass is 239 g/mol. The summed E-state index contributed by atoms with van der Waals surface area (Å²) in [6.45, 7) is 0. The number of rotatable bonds is 2. The molecule has 0 spiro atoms. The number of nitrogens with one attached hydrogen (secondary N) is 1. The molecule has 7 heteroatoms. The molecule has 0 heterocycles. The lowest BCUT2D eigenvalue weighted by molar-refractivity contribution is 0.180. The Balaban J connectivity index is 2.89. The lowest BCUT2D eigenvalue weighted by atomic mass is 10.3. The van der Waals surface area contributed by atoms with Crippen molar-refractivity contribution in [3.8, 4) is 0 Å². The van der Waals surface area contributed by atoms with Gasteiger partial charge >= 0.3 is 6.09 Å². The molecule has 0 bridgehead atoms. The van der Waals surface area contributed by atoms with Crippen LogP contribution in [0.5, 0.6) is 0 Å². The van der Waals surface area contributed by atoms with E-state index in [-0.39, 0.29) is 0 Å². The van der Waals surface area contributed by atoms with Crippen LogP contribution in [0, 0.1) is 17.5 Å². The highest BCUT2D eigenvalue weighted by molar-refractivity contribution is 6.17. The van der Waals surface area contributed by atoms with Gasteiger partial charge in [0.25, 0.3) is 0 Å². The molecule has 1 amide bonds. The molecule has 1 aromatic rings. The highest BCUT2D eigenvalue weighted by atomic mass is 35.5. The number of benzene rings is 1. The van der Waals surface area contributed by atoms with E-state index in [1.54, 1.807) is 5.32 Å². The van der Waals surface area contributed by atoms with Gasteiger partial charge < -0.3 is 4.74 Å². The van der Waals surface area contributed by atoms with Crippen LogP contribution in [-0.2, 0) is 4.74 Å². The van der Waals surface area contributed by atoms with Gasteiger partial charge in [-0.2, -0.15) is 0 Å². The Morgan fingerprint density at radius 1 is 1.40 bits per heavy atom. The van der Waals surface area contributed by atoms with Crippen molar-refractivity contribution in [2.24, 2.45) is 0 Å². The van der Waals surface area contributed by atoms with Gasteiger partial charge in [-0.1, -0.05) is 11.6 Å². The maximum Gasteiger partial charge on any atom is 0.412 e. The van der Waals surface area contributed by atoms with Crippen LogP contribution in [0.2, 0.25) is 0 Å². The number of carbonyl (C=O) groups is 1. The summed E-state index contributed by atoms with van der Waals surface area (Å²) in [6.07, 6.45) is -1.10. The van der Waals surface area contributed by atoms with Crippen molar-refractivity contribution in [3.63, 3.8) is 0 Å². The van der Waals surface area contributed by atoms with Gasteiger partial charge in [0, 0.05) is 12.1 Å². The molecule has 0 saturated heterocycles. The standard InChI is InChI=1S/C8H5ClF3NO2/c9-3-15-8(14)13-6-2-4(10)1-5(11)7(6)12/h1-2H,3H2,(H,13,14). The van der Waals surface area contributed by atoms with Crippen molar-refractivity contribution in [3.05, 3.63) is 29.6 Å². The van der Waals surface area contributed by atoms with Crippen LogP contribution in [0.15, 0.2) is 12.1 Å². The molecule has 0 aliphatic rings. The second-order valence-corrected chi connectivity index (χ2v) is 2.63. The van der Waals surface area contributed by atoms with Crippen molar-refractivity contribution in [1.29, 1.82) is 0 Å². The SMILES string of the molecule is O=C(Nc1cc(F)cc(F)c1F)OCCl. The van der Waals surface area contributed by atoms with E-state index in [9.17, 15) is 18.0 Å². The van der Waals surface area contributed by atoms with E-state index in [1.807, 2.05) is 0 Å². The largest absolute Gasteiger partial charge is 0.433 e. The fraction of sp³-hybridized carbons (Fsp3) is 0.125. The molecule has 0 aliphatic heterocycles. The summed E-state index contributed by atoms with van der Waals surface area (Å²) in [4.78, 5) is 10.8. The van der Waals surface area contributed by atoms with E-state index < -0.39 is 35.3 Å². The molecule has 0 aromatic heterocycles. The molecule has 3 nitrogen and oxygen atoms in total. The first-order valence-corrected chi connectivity index (χ1v) is 4.22. The highest BCUT2D eigenvalue weighted by Crippen LogP contribution is 2.19. The van der Waals surface area contributed by atoms with E-state index in [1.165, 1.54) is 0 Å². The van der Waals surface area contributed by atoms with E-state index >= 15 is 0 Å². The van der Waals surface area contributed by atoms with Gasteiger partial charge in [0.2, 0.25) is 0 Å². The quantitative estimate of drug-likeness (QED) is 0.637. The minimum Gasteiger partial charge on any atom is -0.433 e. The molecule has 1 rings (SSSR count). The van der Waals surface area contributed by atoms with Crippen molar-refractivity contribution in [2.45, 2.75) is 0 Å². The molecular weight excluding hydrogens is 235 g/mol. The average Bonchev–Trinajstić information content (AvgIpc) is 2.13. The lowest BCUT2D eigenvalue weighted by Gasteiger charge is -2.06. The van der Waals surface area contributed by atoms with Crippen molar-refractivity contribution in [2.75, 3.05) is 11.4 Å². The third-order valence-electron chi connectivity index (χ3n) is 1.42. The van der Waals surface area contributed by atoms with Gasteiger partial charge in [0.05, 0.1) is 5.69 Å². The summed E-state index contributed by atoms with van der Waals surface area (Å²) < 4.78 is 42.4. The Bertz CT molecular complexity index is 386. The Morgan fingerprint density at radius 2 is 2.07 bits per heavy atom. The molecule has 0 fully saturated rings. The number of ether oxygens (including phenoxy) is 1. The average molecular weight is 240 g/mol. The van der Waals surface area contributed by atoms with Crippen LogP contribution in [0.25, 0.3) is 0 Å². The minimum atomic E-state index is -1.41. The first-order valence-electron chi connectivity index (χ1n) is 3.69. The van der Waals surface area contributed by atoms with Gasteiger partial charge in [0.1, 0.15) is 5.82 Å². The van der Waals surface area contributed by atoms with Gasteiger partial charge in [-0.05, 0) is 0 Å². The van der Waals surface area contributed by atoms with Crippen molar-refractivity contribution < 1.29 is 22.7 Å². The summed E-state index contributed by atoms with van der Waals surface area (Å²) >= 11 is 5.04. The Morgan fingerprint density at radius 3 is 2.67 bits per heavy atom. The minimum absolute atomic E-state index is 0.355. The van der Waals surface area contributed by atoms with Gasteiger partial charge in [0.15, 0.2) is 17.7 Å². The highest BCUT2D eigenvalue weighted by Gasteiger charge is 2.13. The van der Waals surface area contributed by atoms with Crippen LogP contribution in [0.3, 0.4) is 0 Å². The predicted molar refractivity (Wildman–Crippen MR) is 47.1 cm³/mol. The third-order valence-corrected chi connectivity index (χ3v) is 1.52. The summed E-state index contributed by atoms with van der Waals surface area (Å²) in [5.74, 6) is -3.80. The number of hydrogen-bond acceptors (Lipinski definition) is 2. The van der Waals surface area contributed by atoms with Crippen molar-refractivity contribution in [1.82, 2.24) is 0 Å². The number of alkyl halides is 1. The molecule has 0 aliphatic carbocycles. The number of carbonyl (C=O) groups excluding carboxylic acids is 1. The van der Waals surface area contributed by atoms with Gasteiger partial charge in [-0.3, -0.25) is 5.32 Å². The first kappa shape index (κ1) is 11.6. The fourth-order valence-electron chi connectivity index (χ4n) is 0.843. The summed E-state index contributed by atoms with van der Waals surface area (Å²) in [6, 6.07) is 0.520. The second-order valence-electron chi connectivity index (χ2n) is 2.42. The molecular formula is C8H5ClF3NO2. The first-order chi connectivity index (χ1) is 7.04. The topological polar surface area (TPSA) is 38.3 Å². The molecule has 0 radical (unpaired) electrons. The summed E-state index contributed by atoms with van der Waals surface area (Å²) in [7, 11) is 0. The molecule has 1 aromatic carbocycles. The third kappa shape index (κ3) is 3.02. The van der Waals surface area contributed by atoms with E-state index in [0.717, 1.165) is 0 Å². The molecule has 15 heavy (non-hydrogen) atoms. The Hall–Kier alpha value is -1.43. The maximum absolute atomic E-state index is 12.9. The van der Waals surface area contributed by atoms with Crippen LogP contribution < -0.4 is 5.32 Å². The molecule has 0 saturated carbocycles. The summed E-state index contributed by atoms with van der Waals surface area (Å²) in [5.41, 5.74) is -0.650. The Labute approximate surface area is 87.8 Å². The fourth-order valence-corrected chi connectivity index (χ4v) is 0.942. The number of amides is 1. The van der Waals surface area contributed by atoms with Crippen LogP contribution in [0.1, 0.15) is 0 Å². The number of anilines is 1. The van der Waals surface area contributed by atoms with Gasteiger partial charge in [-0.15, -0.1) is 0 Å². The maximum atomic E-state index is 12.9. The van der Waals surface area contributed by atoms with Crippen LogP contribution in [0.4, 0.5) is 23.7 Å². The zero-order chi connectivity index (χ0) is 11.4. The van der Waals surface area contributed by atoms with Crippen LogP contribution in [-0.4, -0.2) is 12.2 Å². The van der Waals surface area contributed by atoms with E-state index in [4.69, 9.17) is 11.6 Å². The predicted octanol–water partition coefficient (Wildman–Crippen LogP) is 2.85. The van der Waals surface area contributed by atoms with Crippen molar-refractivity contribution >= 4 is 23.4 Å². The lowest BCUT2D eigenvalue weighted by Crippen LogP contribution is -2.14. The molecule has 0 unspecified atom stereocenters. The summed E-state index contributed by atoms with van der Waals surface area (Å²) in [5, 5.41) is 1.79. The molecule has 0 atom stereocenters. The van der Waals surface area contributed by atoms with Crippen LogP contribution >= 0.6 is 11.6 Å². The molecule has 1 N–H and O–H groups in total. The van der Waals surface area contributed by atoms with Gasteiger partial charge in [-0.25, -0.2) is 18.0 Å². The molecule has 82 valence electrons. The second kappa shape index (κ2) is 4.88. The van der Waals surface area contributed by atoms with E-state index in [0.29, 0.717) is 12.1 Å². The number of halogens is 4.